The highest BCUT2D eigenvalue weighted by molar-refractivity contribution is 6.44. The molecule has 0 bridgehead atoms. The maximum Gasteiger partial charge on any atom is 0.257 e. The number of hydrogen-bond donors (Lipinski definition) is 2. The van der Waals surface area contributed by atoms with Gasteiger partial charge in [0.05, 0.1) is 30.1 Å². The lowest BCUT2D eigenvalue weighted by Crippen LogP contribution is -2.47. The molecule has 0 aliphatic carbocycles. The maximum atomic E-state index is 12.1. The van der Waals surface area contributed by atoms with Crippen molar-refractivity contribution in [1.82, 2.24) is 20.4 Å². The first-order valence-electron chi connectivity index (χ1n) is 12.6. The standard InChI is InChI=1S/C26H30Cl6N4O4.2ClH.2H2O/c27-17-11-21(31)23(13-19(17)29)39-15-25(37)33-3-1-5-35-7-9-36(10-8-35)6-2-4-34-26(38)16-40-24-14-20(30)18(28)12-22(24)32;;;;/h11-14H,1-10,15-16H2,(H,33,37)(H,34,38);2*1H;2*1H2. The summed E-state index contributed by atoms with van der Waals surface area (Å²) in [6.07, 6.45) is 1.67. The lowest BCUT2D eigenvalue weighted by atomic mass is 10.2. The van der Waals surface area contributed by atoms with Crippen LogP contribution >= 0.6 is 94.4 Å². The molecule has 0 unspecified atom stereocenters. The third-order valence-corrected chi connectivity index (χ3v) is 8.11. The zero-order valence-corrected chi connectivity index (χ0v) is 29.6. The number of carbonyl (C=O) groups excluding carboxylic acids is 2. The number of nitrogens with zero attached hydrogens (tertiary/aromatic N) is 2. The fourth-order valence-corrected chi connectivity index (χ4v) is 5.10. The van der Waals surface area contributed by atoms with Crippen molar-refractivity contribution >= 4 is 106 Å². The van der Waals surface area contributed by atoms with E-state index < -0.39 is 0 Å². The summed E-state index contributed by atoms with van der Waals surface area (Å²) < 4.78 is 10.9. The van der Waals surface area contributed by atoms with Crippen LogP contribution < -0.4 is 20.1 Å². The van der Waals surface area contributed by atoms with Crippen LogP contribution in [0, 0.1) is 0 Å². The number of nitrogens with one attached hydrogen (secondary N) is 2. The van der Waals surface area contributed by atoms with Crippen LogP contribution in [0.1, 0.15) is 12.8 Å². The minimum absolute atomic E-state index is 0. The van der Waals surface area contributed by atoms with Gasteiger partial charge in [0.1, 0.15) is 11.5 Å². The fraction of sp³-hybridized carbons (Fsp3) is 0.462. The summed E-state index contributed by atoms with van der Waals surface area (Å²) >= 11 is 35.8. The first-order chi connectivity index (χ1) is 19.1. The van der Waals surface area contributed by atoms with Crippen LogP contribution in [0.4, 0.5) is 0 Å². The molecule has 0 saturated carbocycles. The van der Waals surface area contributed by atoms with Crippen molar-refractivity contribution in [2.24, 2.45) is 0 Å². The van der Waals surface area contributed by atoms with E-state index >= 15 is 0 Å². The van der Waals surface area contributed by atoms with E-state index in [1.807, 2.05) is 0 Å². The molecule has 1 heterocycles. The van der Waals surface area contributed by atoms with Gasteiger partial charge in [0.15, 0.2) is 13.2 Å². The van der Waals surface area contributed by atoms with Gasteiger partial charge in [0.25, 0.3) is 11.8 Å². The molecule has 1 aliphatic rings. The molecule has 252 valence electrons. The van der Waals surface area contributed by atoms with Crippen molar-refractivity contribution in [1.29, 1.82) is 0 Å². The SMILES string of the molecule is Cl.Cl.O.O.O=C(COc1cc(Cl)c(Cl)cc1Cl)NCCCN1CCN(CCCNC(=O)COc2cc(Cl)c(Cl)cc2Cl)CC1. The predicted molar refractivity (Wildman–Crippen MR) is 184 cm³/mol. The molecular weight excluding hydrogens is 748 g/mol. The summed E-state index contributed by atoms with van der Waals surface area (Å²) in [5.41, 5.74) is 0. The van der Waals surface area contributed by atoms with Crippen LogP contribution in [0.2, 0.25) is 30.1 Å². The van der Waals surface area contributed by atoms with E-state index in [9.17, 15) is 9.59 Å². The average Bonchev–Trinajstić information content (AvgIpc) is 2.92. The zero-order chi connectivity index (χ0) is 29.1. The molecule has 6 N–H and O–H groups in total. The molecule has 1 aliphatic heterocycles. The first-order valence-corrected chi connectivity index (χ1v) is 14.9. The van der Waals surface area contributed by atoms with Crippen LogP contribution in [0.3, 0.4) is 0 Å². The molecule has 2 aromatic carbocycles. The highest BCUT2D eigenvalue weighted by atomic mass is 35.5. The minimum Gasteiger partial charge on any atom is -0.482 e. The second-order valence-electron chi connectivity index (χ2n) is 9.06. The molecule has 0 atom stereocenters. The van der Waals surface area contributed by atoms with Crippen molar-refractivity contribution in [3.63, 3.8) is 0 Å². The van der Waals surface area contributed by atoms with Gasteiger partial charge in [0, 0.05) is 51.4 Å². The van der Waals surface area contributed by atoms with Gasteiger partial charge >= 0.3 is 0 Å². The summed E-state index contributed by atoms with van der Waals surface area (Å²) in [7, 11) is 0. The number of rotatable bonds is 14. The van der Waals surface area contributed by atoms with E-state index in [0.717, 1.165) is 52.1 Å². The van der Waals surface area contributed by atoms with Crippen molar-refractivity contribution in [3.05, 3.63) is 54.4 Å². The summed E-state index contributed by atoms with van der Waals surface area (Å²) in [5.74, 6) is 0.157. The lowest BCUT2D eigenvalue weighted by Gasteiger charge is -2.34. The third-order valence-electron chi connectivity index (χ3n) is 6.08. The van der Waals surface area contributed by atoms with Crippen LogP contribution in [0.25, 0.3) is 0 Å². The Labute approximate surface area is 299 Å². The Morgan fingerprint density at radius 3 is 1.25 bits per heavy atom. The summed E-state index contributed by atoms with van der Waals surface area (Å²) in [4.78, 5) is 28.9. The van der Waals surface area contributed by atoms with Gasteiger partial charge < -0.3 is 40.9 Å². The fourth-order valence-electron chi connectivity index (χ4n) is 3.92. The molecule has 10 nitrogen and oxygen atoms in total. The average molecular weight is 784 g/mol. The maximum absolute atomic E-state index is 12.1. The minimum atomic E-state index is -0.233. The Morgan fingerprint density at radius 2 is 0.909 bits per heavy atom. The zero-order valence-electron chi connectivity index (χ0n) is 23.4. The summed E-state index contributed by atoms with van der Waals surface area (Å²) in [6, 6.07) is 5.93. The highest BCUT2D eigenvalue weighted by Crippen LogP contribution is 2.34. The normalized spacial score (nSPS) is 12.9. The quantitative estimate of drug-likeness (QED) is 0.206. The van der Waals surface area contributed by atoms with Crippen molar-refractivity contribution < 1.29 is 30.0 Å². The van der Waals surface area contributed by atoms with E-state index in [1.54, 1.807) is 0 Å². The first kappa shape index (κ1) is 45.3. The highest BCUT2D eigenvalue weighted by Gasteiger charge is 2.16. The second kappa shape index (κ2) is 23.5. The van der Waals surface area contributed by atoms with Crippen molar-refractivity contribution in [2.75, 3.05) is 65.6 Å². The van der Waals surface area contributed by atoms with E-state index in [2.05, 4.69) is 20.4 Å². The Morgan fingerprint density at radius 1 is 0.591 bits per heavy atom. The molecule has 1 fully saturated rings. The number of amides is 2. The van der Waals surface area contributed by atoms with Gasteiger partial charge in [-0.1, -0.05) is 69.6 Å². The Kier molecular flexibility index (Phi) is 24.1. The van der Waals surface area contributed by atoms with Crippen LogP contribution in [0.5, 0.6) is 11.5 Å². The third kappa shape index (κ3) is 15.6. The number of hydrogen-bond acceptors (Lipinski definition) is 6. The Bertz CT molecular complexity index is 1090. The lowest BCUT2D eigenvalue weighted by molar-refractivity contribution is -0.123. The van der Waals surface area contributed by atoms with Crippen LogP contribution in [-0.2, 0) is 9.59 Å². The second-order valence-corrected chi connectivity index (χ2v) is 11.5. The number of carbonyl (C=O) groups is 2. The molecule has 2 aromatic rings. The largest absolute Gasteiger partial charge is 0.482 e. The molecule has 44 heavy (non-hydrogen) atoms. The van der Waals surface area contributed by atoms with Gasteiger partial charge in [-0.25, -0.2) is 0 Å². The number of halogens is 8. The summed E-state index contributed by atoms with van der Waals surface area (Å²) in [5, 5.41) is 7.55. The van der Waals surface area contributed by atoms with Crippen molar-refractivity contribution in [3.8, 4) is 11.5 Å². The van der Waals surface area contributed by atoms with E-state index in [-0.39, 0.29) is 60.8 Å². The van der Waals surface area contributed by atoms with Gasteiger partial charge in [-0.2, -0.15) is 0 Å². The van der Waals surface area contributed by atoms with Gasteiger partial charge in [0.2, 0.25) is 0 Å². The molecule has 2 amide bonds. The van der Waals surface area contributed by atoms with Gasteiger partial charge in [-0.3, -0.25) is 9.59 Å². The van der Waals surface area contributed by atoms with E-state index in [4.69, 9.17) is 79.1 Å². The molecule has 0 aromatic heterocycles. The van der Waals surface area contributed by atoms with Gasteiger partial charge in [-0.15, -0.1) is 24.8 Å². The van der Waals surface area contributed by atoms with Gasteiger partial charge in [-0.05, 0) is 38.1 Å². The molecule has 3 rings (SSSR count). The van der Waals surface area contributed by atoms with E-state index in [1.165, 1.54) is 24.3 Å². The number of benzene rings is 2. The smallest absolute Gasteiger partial charge is 0.257 e. The van der Waals surface area contributed by atoms with E-state index in [0.29, 0.717) is 54.7 Å². The Hall–Kier alpha value is -0.860. The Balaban J connectivity index is 0. The molecule has 18 heteroatoms. The predicted octanol–water partition coefficient (Wildman–Crippen LogP) is 4.89. The molecule has 1 saturated heterocycles. The van der Waals surface area contributed by atoms with Crippen LogP contribution in [-0.4, -0.2) is 98.1 Å². The monoisotopic (exact) mass is 780 g/mol. The topological polar surface area (TPSA) is 146 Å². The molecule has 0 radical (unpaired) electrons. The molecule has 0 spiro atoms. The summed E-state index contributed by atoms with van der Waals surface area (Å²) in [6.45, 7) is 6.41. The number of ether oxygens (including phenoxy) is 2. The number of piperazine rings is 1. The van der Waals surface area contributed by atoms with Crippen LogP contribution in [0.15, 0.2) is 24.3 Å². The molecular formula is C26H36Cl8N4O6. The van der Waals surface area contributed by atoms with Crippen molar-refractivity contribution in [2.45, 2.75) is 12.8 Å².